The van der Waals surface area contributed by atoms with E-state index in [4.69, 9.17) is 9.29 Å². The molecular weight excluding hydrogens is 508 g/mol. The second-order valence-corrected chi connectivity index (χ2v) is 10.4. The van der Waals surface area contributed by atoms with E-state index in [1.165, 1.54) is 18.2 Å². The Hall–Kier alpha value is -1.80. The molecule has 0 bridgehead atoms. The first-order valence-corrected chi connectivity index (χ1v) is 12.7. The number of aliphatic hydroxyl groups is 4. The molecule has 0 radical (unpaired) electrons. The molecule has 1 aromatic heterocycles. The van der Waals surface area contributed by atoms with Gasteiger partial charge in [-0.3, -0.25) is 9.11 Å². The third kappa shape index (κ3) is 6.01. The number of hydrogen-bond acceptors (Lipinski definition) is 12. The van der Waals surface area contributed by atoms with Gasteiger partial charge in [0.15, 0.2) is 0 Å². The van der Waals surface area contributed by atoms with Crippen molar-refractivity contribution in [2.75, 3.05) is 6.61 Å². The summed E-state index contributed by atoms with van der Waals surface area (Å²) in [6.07, 6.45) is -6.94. The van der Waals surface area contributed by atoms with E-state index in [0.717, 1.165) is 0 Å². The van der Waals surface area contributed by atoms with Crippen molar-refractivity contribution in [1.29, 1.82) is 0 Å². The summed E-state index contributed by atoms with van der Waals surface area (Å²) in [5.74, 6) is 0. The summed E-state index contributed by atoms with van der Waals surface area (Å²) < 4.78 is 74.4. The van der Waals surface area contributed by atoms with Crippen molar-refractivity contribution in [3.63, 3.8) is 0 Å². The number of aliphatic hydroxyl groups excluding tert-OH is 4. The van der Waals surface area contributed by atoms with Crippen LogP contribution in [0.1, 0.15) is 5.69 Å². The van der Waals surface area contributed by atoms with Crippen molar-refractivity contribution in [2.45, 2.75) is 36.3 Å². The Labute approximate surface area is 191 Å². The second kappa shape index (κ2) is 9.82. The number of fused-ring (bicyclic) bond motifs is 1. The average molecular weight is 529 g/mol. The number of hydrogen-bond donors (Lipinski definition) is 6. The molecule has 33 heavy (non-hydrogen) atoms. The zero-order valence-corrected chi connectivity index (χ0v) is 18.9. The molecule has 2 aromatic rings. The fourth-order valence-electron chi connectivity index (χ4n) is 3.22. The van der Waals surface area contributed by atoms with E-state index in [1.54, 1.807) is 12.1 Å². The summed E-state index contributed by atoms with van der Waals surface area (Å²) in [4.78, 5) is 0. The molecule has 1 aromatic carbocycles. The van der Waals surface area contributed by atoms with Gasteiger partial charge in [0.25, 0.3) is 0 Å². The van der Waals surface area contributed by atoms with Crippen LogP contribution in [0.4, 0.5) is 0 Å². The molecule has 5 unspecified atom stereocenters. The molecule has 1 fully saturated rings. The lowest BCUT2D eigenvalue weighted by molar-refractivity contribution is -0.205. The van der Waals surface area contributed by atoms with E-state index in [-0.39, 0.29) is 16.3 Å². The summed E-state index contributed by atoms with van der Waals surface area (Å²) in [6, 6.07) is 7.45. The van der Waals surface area contributed by atoms with Crippen LogP contribution in [0, 0.1) is 0 Å². The van der Waals surface area contributed by atoms with Crippen LogP contribution in [0.25, 0.3) is 10.9 Å². The van der Waals surface area contributed by atoms with Gasteiger partial charge in [-0.2, -0.15) is 16.8 Å². The molecule has 1 saturated heterocycles. The predicted molar refractivity (Wildman–Crippen MR) is 114 cm³/mol. The van der Waals surface area contributed by atoms with E-state index < -0.39 is 63.6 Å². The minimum absolute atomic E-state index is 0.0999. The van der Waals surface area contributed by atoms with Crippen LogP contribution < -0.4 is 0 Å². The van der Waals surface area contributed by atoms with Gasteiger partial charge in [-0.05, 0) is 12.1 Å². The number of nitrogens with zero attached hydrogens (tertiary/aromatic N) is 2. The van der Waals surface area contributed by atoms with Crippen LogP contribution in [0.2, 0.25) is 0 Å². The van der Waals surface area contributed by atoms with Crippen LogP contribution >= 0.6 is 11.8 Å². The zero-order valence-electron chi connectivity index (χ0n) is 16.4. The number of ether oxygens (including phenoxy) is 1. The summed E-state index contributed by atoms with van der Waals surface area (Å²) in [5.41, 5.74) is -1.43. The third-order valence-corrected chi connectivity index (χ3v) is 6.90. The third-order valence-electron chi connectivity index (χ3n) is 4.64. The standard InChI is InChI=1S/C16H20N2O12S3/c19-7-11-13(20)14(21)15(22)16(29-11)31-12(17-30-33(26,27)28)6-9-5-8-3-1-2-4-10(8)18(9)32(23,24)25/h1-5,11,13-16,19-22H,6-7H2,(H,23,24,25)(H,26,27,28)/b17-12-. The minimum Gasteiger partial charge on any atom is -0.394 e. The average Bonchev–Trinajstić information content (AvgIpc) is 3.10. The Morgan fingerprint density at radius 2 is 1.76 bits per heavy atom. The van der Waals surface area contributed by atoms with E-state index >= 15 is 0 Å². The zero-order chi connectivity index (χ0) is 24.6. The highest BCUT2D eigenvalue weighted by Gasteiger charge is 2.44. The highest BCUT2D eigenvalue weighted by Crippen LogP contribution is 2.31. The SMILES string of the molecule is O=S(=O)(O)O/N=C(/Cc1cc2ccccc2n1S(=O)(=O)O)SC1OC(CO)C(O)C(O)C1O. The van der Waals surface area contributed by atoms with E-state index in [9.17, 15) is 41.8 Å². The maximum absolute atomic E-state index is 12.0. The van der Waals surface area contributed by atoms with Crippen molar-refractivity contribution < 1.29 is 55.4 Å². The summed E-state index contributed by atoms with van der Waals surface area (Å²) in [5, 5.41) is 42.7. The molecule has 0 aliphatic carbocycles. The van der Waals surface area contributed by atoms with Crippen molar-refractivity contribution in [2.24, 2.45) is 5.16 Å². The van der Waals surface area contributed by atoms with Gasteiger partial charge in [-0.25, -0.2) is 8.26 Å². The number of rotatable bonds is 7. The molecule has 0 spiro atoms. The molecule has 1 aliphatic rings. The first-order chi connectivity index (χ1) is 15.3. The van der Waals surface area contributed by atoms with E-state index in [1.807, 2.05) is 0 Å². The summed E-state index contributed by atoms with van der Waals surface area (Å²) in [6.45, 7) is -0.729. The lowest BCUT2D eigenvalue weighted by Gasteiger charge is -2.39. The van der Waals surface area contributed by atoms with Gasteiger partial charge < -0.3 is 25.2 Å². The molecule has 0 amide bonds. The molecule has 3 rings (SSSR count). The second-order valence-electron chi connectivity index (χ2n) is 6.92. The summed E-state index contributed by atoms with van der Waals surface area (Å²) >= 11 is 0.469. The molecule has 6 N–H and O–H groups in total. The molecule has 17 heteroatoms. The van der Waals surface area contributed by atoms with E-state index in [2.05, 4.69) is 9.44 Å². The van der Waals surface area contributed by atoms with Gasteiger partial charge in [0, 0.05) is 17.5 Å². The van der Waals surface area contributed by atoms with Crippen LogP contribution in [0.15, 0.2) is 35.5 Å². The first-order valence-electron chi connectivity index (χ1n) is 9.09. The molecule has 1 aliphatic heterocycles. The van der Waals surface area contributed by atoms with Gasteiger partial charge >= 0.3 is 20.7 Å². The Balaban J connectivity index is 2.00. The largest absolute Gasteiger partial charge is 0.466 e. The Kier molecular flexibility index (Phi) is 7.68. The van der Waals surface area contributed by atoms with Crippen molar-refractivity contribution in [3.05, 3.63) is 36.0 Å². The molecule has 2 heterocycles. The van der Waals surface area contributed by atoms with Gasteiger partial charge in [0.05, 0.1) is 12.1 Å². The fraction of sp³-hybridized carbons (Fsp3) is 0.438. The number of benzene rings is 1. The van der Waals surface area contributed by atoms with Crippen LogP contribution in [0.3, 0.4) is 0 Å². The van der Waals surface area contributed by atoms with Gasteiger partial charge in [-0.15, -0.1) is 0 Å². The quantitative estimate of drug-likeness (QED) is 0.104. The maximum atomic E-state index is 12.0. The van der Waals surface area contributed by atoms with E-state index in [0.29, 0.717) is 21.1 Å². The Morgan fingerprint density at radius 1 is 1.09 bits per heavy atom. The van der Waals surface area contributed by atoms with Crippen LogP contribution in [-0.4, -0.2) is 91.8 Å². The number of para-hydroxylation sites is 1. The number of aromatic nitrogens is 1. The maximum Gasteiger partial charge on any atom is 0.466 e. The van der Waals surface area contributed by atoms with Crippen LogP contribution in [0.5, 0.6) is 0 Å². The smallest absolute Gasteiger partial charge is 0.394 e. The normalized spacial score (nSPS) is 27.1. The Bertz CT molecular complexity index is 1240. The molecule has 184 valence electrons. The number of thioether (sulfide) groups is 1. The highest BCUT2D eigenvalue weighted by atomic mass is 32.3. The first kappa shape index (κ1) is 25.8. The van der Waals surface area contributed by atoms with Gasteiger partial charge in [-0.1, -0.05) is 35.1 Å². The monoisotopic (exact) mass is 528 g/mol. The predicted octanol–water partition coefficient (Wildman–Crippen LogP) is -1.50. The number of oxime groups is 1. The lowest BCUT2D eigenvalue weighted by atomic mass is 10.0. The molecule has 14 nitrogen and oxygen atoms in total. The molecule has 0 saturated carbocycles. The topological polar surface area (TPSA) is 225 Å². The van der Waals surface area contributed by atoms with Gasteiger partial charge in [0.1, 0.15) is 34.9 Å². The summed E-state index contributed by atoms with van der Waals surface area (Å²) in [7, 11) is -9.89. The van der Waals surface area contributed by atoms with Crippen molar-refractivity contribution >= 4 is 48.4 Å². The van der Waals surface area contributed by atoms with Crippen molar-refractivity contribution in [1.82, 2.24) is 3.97 Å². The fourth-order valence-corrected chi connectivity index (χ4v) is 5.36. The van der Waals surface area contributed by atoms with Gasteiger partial charge in [0.2, 0.25) is 0 Å². The lowest BCUT2D eigenvalue weighted by Crippen LogP contribution is -2.57. The molecular formula is C16H20N2O12S3. The Morgan fingerprint density at radius 3 is 2.36 bits per heavy atom. The molecule has 5 atom stereocenters. The van der Waals surface area contributed by atoms with Crippen LogP contribution in [-0.2, 0) is 36.1 Å². The van der Waals surface area contributed by atoms with Crippen molar-refractivity contribution in [3.8, 4) is 0 Å². The highest BCUT2D eigenvalue weighted by molar-refractivity contribution is 8.14. The minimum atomic E-state index is -5.07.